The van der Waals surface area contributed by atoms with Gasteiger partial charge in [-0.3, -0.25) is 37.3 Å². The van der Waals surface area contributed by atoms with Gasteiger partial charge in [-0.05, 0) is 31.6 Å². The first-order valence-corrected chi connectivity index (χ1v) is 42.1. The molecular weight excluding hydrogens is 1230 g/mol. The van der Waals surface area contributed by atoms with Gasteiger partial charge in [0.1, 0.15) is 19.3 Å². The molecule has 0 aliphatic heterocycles. The summed E-state index contributed by atoms with van der Waals surface area (Å²) in [4.78, 5) is 72.6. The number of phosphoric acid groups is 2. The zero-order valence-electron chi connectivity index (χ0n) is 61.1. The van der Waals surface area contributed by atoms with E-state index in [1.807, 2.05) is 0 Å². The highest BCUT2D eigenvalue weighted by Crippen LogP contribution is 2.45. The number of phosphoric ester groups is 2. The van der Waals surface area contributed by atoms with E-state index >= 15 is 0 Å². The summed E-state index contributed by atoms with van der Waals surface area (Å²) in [6, 6.07) is 0. The van der Waals surface area contributed by atoms with Crippen molar-refractivity contribution in [2.24, 2.45) is 5.92 Å². The second kappa shape index (κ2) is 68.2. The Bertz CT molecular complexity index is 1810. The Morgan fingerprint density at radius 1 is 0.287 bits per heavy atom. The van der Waals surface area contributed by atoms with E-state index in [-0.39, 0.29) is 25.7 Å². The molecule has 0 heterocycles. The van der Waals surface area contributed by atoms with Crippen molar-refractivity contribution < 1.29 is 80.2 Å². The van der Waals surface area contributed by atoms with Crippen LogP contribution in [0.25, 0.3) is 0 Å². The Morgan fingerprint density at radius 2 is 0.489 bits per heavy atom. The largest absolute Gasteiger partial charge is 0.472 e. The lowest BCUT2D eigenvalue weighted by Crippen LogP contribution is -2.30. The van der Waals surface area contributed by atoms with Gasteiger partial charge in [-0.2, -0.15) is 0 Å². The van der Waals surface area contributed by atoms with Gasteiger partial charge in [0.2, 0.25) is 0 Å². The maximum atomic E-state index is 13.1. The third-order valence-electron chi connectivity index (χ3n) is 17.5. The maximum Gasteiger partial charge on any atom is 0.472 e. The summed E-state index contributed by atoms with van der Waals surface area (Å²) in [5.74, 6) is -1.32. The molecule has 0 radical (unpaired) electrons. The number of hydrogen-bond acceptors (Lipinski definition) is 15. The molecule has 0 aromatic rings. The highest BCUT2D eigenvalue weighted by molar-refractivity contribution is 7.47. The van der Waals surface area contributed by atoms with Crippen LogP contribution in [-0.2, 0) is 65.4 Å². The minimum absolute atomic E-state index is 0.107. The lowest BCUT2D eigenvalue weighted by atomic mass is 10.0. The summed E-state index contributed by atoms with van der Waals surface area (Å²) >= 11 is 0. The second-order valence-corrected chi connectivity index (χ2v) is 30.4. The molecule has 0 aliphatic carbocycles. The Kier molecular flexibility index (Phi) is 66.8. The first-order valence-electron chi connectivity index (χ1n) is 39.1. The zero-order chi connectivity index (χ0) is 69.1. The minimum atomic E-state index is -4.96. The van der Waals surface area contributed by atoms with Crippen molar-refractivity contribution in [2.75, 3.05) is 39.6 Å². The molecule has 558 valence electrons. The van der Waals surface area contributed by atoms with E-state index in [9.17, 15) is 43.2 Å². The second-order valence-electron chi connectivity index (χ2n) is 27.5. The molecule has 0 bridgehead atoms. The lowest BCUT2D eigenvalue weighted by Gasteiger charge is -2.21. The van der Waals surface area contributed by atoms with Crippen molar-refractivity contribution in [1.29, 1.82) is 0 Å². The molecule has 0 saturated carbocycles. The number of ether oxygens (including phenoxy) is 4. The summed E-state index contributed by atoms with van der Waals surface area (Å²) in [6.45, 7) is 7.27. The van der Waals surface area contributed by atoms with Crippen LogP contribution in [0.15, 0.2) is 0 Å². The first kappa shape index (κ1) is 92.1. The standard InChI is InChI=1S/C75H146O17P2/c1-6-9-12-15-18-20-22-23-24-25-26-29-32-36-39-44-49-54-59-73(78)86-65-71(92-75(80)61-56-51-46-41-37-33-30-27-28-31-35-38-43-47-52-57-68(4)5)67-90-94(83,84)88-63-69(76)62-87-93(81,82)89-66-70(64-85-72(77)58-53-48-42-17-14-11-8-3)91-74(79)60-55-50-45-40-34-21-19-16-13-10-7-2/h68-71,76H,6-67H2,1-5H3,(H,81,82)(H,83,84)/t69-,70+,71+/m0/s1. The van der Waals surface area contributed by atoms with Crippen molar-refractivity contribution in [3.8, 4) is 0 Å². The average molecular weight is 1380 g/mol. The van der Waals surface area contributed by atoms with Crippen molar-refractivity contribution in [2.45, 2.75) is 412 Å². The number of unbranched alkanes of at least 4 members (excludes halogenated alkanes) is 47. The number of carbonyl (C=O) groups is 4. The molecule has 0 saturated heterocycles. The van der Waals surface area contributed by atoms with Crippen molar-refractivity contribution in [3.63, 3.8) is 0 Å². The summed E-state index contributed by atoms with van der Waals surface area (Å²) < 4.78 is 68.4. The Labute approximate surface area is 575 Å². The molecule has 2 unspecified atom stereocenters. The molecule has 17 nitrogen and oxygen atoms in total. The van der Waals surface area contributed by atoms with Gasteiger partial charge < -0.3 is 33.8 Å². The molecule has 0 aliphatic rings. The van der Waals surface area contributed by atoms with E-state index in [4.69, 9.17) is 37.0 Å². The lowest BCUT2D eigenvalue weighted by molar-refractivity contribution is -0.161. The topological polar surface area (TPSA) is 237 Å². The molecule has 0 amide bonds. The summed E-state index contributed by atoms with van der Waals surface area (Å²) in [5.41, 5.74) is 0. The number of aliphatic hydroxyl groups excluding tert-OH is 1. The van der Waals surface area contributed by atoms with Crippen molar-refractivity contribution in [3.05, 3.63) is 0 Å². The first-order chi connectivity index (χ1) is 45.5. The molecule has 0 aromatic carbocycles. The van der Waals surface area contributed by atoms with E-state index in [1.54, 1.807) is 0 Å². The Hall–Kier alpha value is -1.94. The van der Waals surface area contributed by atoms with E-state index in [0.29, 0.717) is 25.7 Å². The quantitative estimate of drug-likeness (QED) is 0.0222. The van der Waals surface area contributed by atoms with Gasteiger partial charge in [-0.15, -0.1) is 0 Å². The van der Waals surface area contributed by atoms with Gasteiger partial charge in [0.25, 0.3) is 0 Å². The van der Waals surface area contributed by atoms with E-state index < -0.39 is 97.5 Å². The highest BCUT2D eigenvalue weighted by atomic mass is 31.2. The molecule has 0 rings (SSSR count). The van der Waals surface area contributed by atoms with Crippen LogP contribution in [0.1, 0.15) is 394 Å². The number of esters is 4. The van der Waals surface area contributed by atoms with E-state index in [2.05, 4.69) is 34.6 Å². The van der Waals surface area contributed by atoms with Crippen LogP contribution in [0, 0.1) is 5.92 Å². The van der Waals surface area contributed by atoms with Crippen LogP contribution in [-0.4, -0.2) is 96.7 Å². The normalized spacial score (nSPS) is 14.0. The molecular formula is C75H146O17P2. The van der Waals surface area contributed by atoms with Gasteiger partial charge in [-0.1, -0.05) is 343 Å². The van der Waals surface area contributed by atoms with Crippen LogP contribution in [0.4, 0.5) is 0 Å². The summed E-state index contributed by atoms with van der Waals surface area (Å²) in [6.07, 6.45) is 57.0. The van der Waals surface area contributed by atoms with Gasteiger partial charge in [-0.25, -0.2) is 9.13 Å². The van der Waals surface area contributed by atoms with Crippen LogP contribution < -0.4 is 0 Å². The van der Waals surface area contributed by atoms with Crippen LogP contribution in [0.3, 0.4) is 0 Å². The molecule has 5 atom stereocenters. The third-order valence-corrected chi connectivity index (χ3v) is 19.4. The molecule has 19 heteroatoms. The van der Waals surface area contributed by atoms with Gasteiger partial charge in [0.05, 0.1) is 26.4 Å². The van der Waals surface area contributed by atoms with Gasteiger partial charge in [0, 0.05) is 25.7 Å². The average Bonchev–Trinajstić information content (AvgIpc) is 1.62. The van der Waals surface area contributed by atoms with E-state index in [0.717, 1.165) is 109 Å². The SMILES string of the molecule is CCCCCCCCCCCCCCCCCCCCC(=O)OC[C@H](COP(=O)(O)OC[C@@H](O)COP(=O)(O)OC[C@@H](COC(=O)CCCCCCCCC)OC(=O)CCCCCCCCCCCCC)OC(=O)CCCCCCCCCCCCCCCCCC(C)C. The number of rotatable bonds is 75. The molecule has 0 spiro atoms. The zero-order valence-corrected chi connectivity index (χ0v) is 62.9. The molecule has 0 aromatic heterocycles. The number of carbonyl (C=O) groups excluding carboxylic acids is 4. The molecule has 94 heavy (non-hydrogen) atoms. The summed E-state index contributed by atoms with van der Waals surface area (Å²) in [5, 5.41) is 10.6. The third kappa shape index (κ3) is 68.6. The van der Waals surface area contributed by atoms with E-state index in [1.165, 1.54) is 205 Å². The van der Waals surface area contributed by atoms with Crippen LogP contribution in [0.5, 0.6) is 0 Å². The number of aliphatic hydroxyl groups is 1. The molecule has 0 fully saturated rings. The minimum Gasteiger partial charge on any atom is -0.462 e. The van der Waals surface area contributed by atoms with Crippen molar-refractivity contribution >= 4 is 39.5 Å². The predicted molar refractivity (Wildman–Crippen MR) is 382 cm³/mol. The van der Waals surface area contributed by atoms with Crippen molar-refractivity contribution in [1.82, 2.24) is 0 Å². The monoisotopic (exact) mass is 1380 g/mol. The maximum absolute atomic E-state index is 13.1. The highest BCUT2D eigenvalue weighted by Gasteiger charge is 2.30. The van der Waals surface area contributed by atoms with Crippen LogP contribution in [0.2, 0.25) is 0 Å². The molecule has 3 N–H and O–H groups in total. The fourth-order valence-electron chi connectivity index (χ4n) is 11.5. The van der Waals surface area contributed by atoms with Gasteiger partial charge in [0.15, 0.2) is 12.2 Å². The van der Waals surface area contributed by atoms with Gasteiger partial charge >= 0.3 is 39.5 Å². The predicted octanol–water partition coefficient (Wildman–Crippen LogP) is 22.1. The summed E-state index contributed by atoms with van der Waals surface area (Å²) in [7, 11) is -9.90. The smallest absolute Gasteiger partial charge is 0.462 e. The Morgan fingerprint density at radius 3 is 0.723 bits per heavy atom. The fourth-order valence-corrected chi connectivity index (χ4v) is 13.1. The fraction of sp³-hybridized carbons (Fsp3) is 0.947. The van der Waals surface area contributed by atoms with Crippen LogP contribution >= 0.6 is 15.6 Å². The Balaban J connectivity index is 5.18. The number of hydrogen-bond donors (Lipinski definition) is 3.